The van der Waals surface area contributed by atoms with Crippen LogP contribution in [0.15, 0.2) is 0 Å². The summed E-state index contributed by atoms with van der Waals surface area (Å²) in [5.41, 5.74) is 0. The molecule has 1 amide bonds. The zero-order valence-corrected chi connectivity index (χ0v) is 9.52. The maximum Gasteiger partial charge on any atom is 0.335 e. The van der Waals surface area contributed by atoms with Crippen LogP contribution in [0.2, 0.25) is 0 Å². The second kappa shape index (κ2) is 7.28. The van der Waals surface area contributed by atoms with Crippen LogP contribution in [-0.4, -0.2) is 67.6 Å². The molecular formula is C9H13NO9. The number of rotatable bonds is 4. The quantitative estimate of drug-likeness (QED) is 0.317. The van der Waals surface area contributed by atoms with Crippen LogP contribution in [0.25, 0.3) is 0 Å². The molecule has 0 saturated carbocycles. The van der Waals surface area contributed by atoms with Crippen LogP contribution in [-0.2, 0) is 19.2 Å². The topological polar surface area (TPSA) is 181 Å². The molecule has 1 fully saturated rings. The van der Waals surface area contributed by atoms with Gasteiger partial charge >= 0.3 is 17.9 Å². The highest BCUT2D eigenvalue weighted by Gasteiger charge is 2.29. The molecule has 108 valence electrons. The van der Waals surface area contributed by atoms with E-state index in [4.69, 9.17) is 25.5 Å². The van der Waals surface area contributed by atoms with E-state index in [0.717, 1.165) is 0 Å². The Labute approximate surface area is 106 Å². The second-order valence-corrected chi connectivity index (χ2v) is 3.56. The molecule has 0 bridgehead atoms. The zero-order chi connectivity index (χ0) is 15.2. The van der Waals surface area contributed by atoms with Crippen LogP contribution >= 0.6 is 0 Å². The smallest absolute Gasteiger partial charge is 0.335 e. The predicted molar refractivity (Wildman–Crippen MR) is 56.1 cm³/mol. The number of nitrogens with one attached hydrogen (secondary N) is 1. The number of carbonyl (C=O) groups excluding carboxylic acids is 1. The van der Waals surface area contributed by atoms with E-state index in [9.17, 15) is 19.2 Å². The van der Waals surface area contributed by atoms with Crippen LogP contribution in [0.5, 0.6) is 0 Å². The monoisotopic (exact) mass is 279 g/mol. The third kappa shape index (κ3) is 5.79. The number of hydrogen-bond acceptors (Lipinski definition) is 6. The number of aliphatic hydroxyl groups excluding tert-OH is 2. The molecule has 0 spiro atoms. The standard InChI is InChI=1S/C5H7NO3.C4H6O6/c7-4-2-1-3(6-4)5(8)9;5-1(3(7)8)2(6)4(9)10/h3H,1-2H2,(H,6,7)(H,8,9);1-2,5-6H,(H,7,8)(H,9,10)/t3-;1-,2-/m11/s1. The minimum Gasteiger partial charge on any atom is -0.480 e. The first-order valence-corrected chi connectivity index (χ1v) is 5.00. The van der Waals surface area contributed by atoms with Gasteiger partial charge in [0.15, 0.2) is 12.2 Å². The lowest BCUT2D eigenvalue weighted by Crippen LogP contribution is -2.39. The van der Waals surface area contributed by atoms with Crippen molar-refractivity contribution in [3.63, 3.8) is 0 Å². The number of carboxylic acid groups (broad SMARTS) is 3. The third-order valence-electron chi connectivity index (χ3n) is 2.10. The van der Waals surface area contributed by atoms with Crippen LogP contribution < -0.4 is 5.32 Å². The van der Waals surface area contributed by atoms with E-state index < -0.39 is 36.2 Å². The summed E-state index contributed by atoms with van der Waals surface area (Å²) in [7, 11) is 0. The lowest BCUT2D eigenvalue weighted by Gasteiger charge is -2.07. The fourth-order valence-electron chi connectivity index (χ4n) is 1.07. The summed E-state index contributed by atoms with van der Waals surface area (Å²) in [6.07, 6.45) is -3.76. The van der Waals surface area contributed by atoms with Crippen LogP contribution in [0.1, 0.15) is 12.8 Å². The maximum atomic E-state index is 10.4. The normalized spacial score (nSPS) is 20.5. The molecule has 1 aliphatic rings. The molecule has 10 nitrogen and oxygen atoms in total. The van der Waals surface area contributed by atoms with Crippen molar-refractivity contribution in [2.45, 2.75) is 31.1 Å². The van der Waals surface area contributed by atoms with Gasteiger partial charge in [-0.15, -0.1) is 0 Å². The Morgan fingerprint density at radius 3 is 1.63 bits per heavy atom. The number of carboxylic acids is 3. The van der Waals surface area contributed by atoms with Crippen molar-refractivity contribution >= 4 is 23.8 Å². The molecule has 1 heterocycles. The minimum absolute atomic E-state index is 0.164. The summed E-state index contributed by atoms with van der Waals surface area (Å²) in [6, 6.07) is -0.641. The highest BCUT2D eigenvalue weighted by Crippen LogP contribution is 2.05. The number of hydrogen-bond donors (Lipinski definition) is 6. The maximum absolute atomic E-state index is 10.4. The molecule has 0 aromatic rings. The molecule has 10 heteroatoms. The second-order valence-electron chi connectivity index (χ2n) is 3.56. The van der Waals surface area contributed by atoms with Gasteiger partial charge in [0.2, 0.25) is 5.91 Å². The number of aliphatic carboxylic acids is 3. The first kappa shape index (κ1) is 16.8. The average Bonchev–Trinajstić information content (AvgIpc) is 2.74. The Hall–Kier alpha value is -2.20. The average molecular weight is 279 g/mol. The SMILES string of the molecule is O=C(O)[C@H](O)[C@@H](O)C(=O)O.O=C1CC[C@H](C(=O)O)N1. The molecule has 1 aliphatic heterocycles. The van der Waals surface area contributed by atoms with Gasteiger partial charge in [0.05, 0.1) is 0 Å². The Morgan fingerprint density at radius 1 is 1.05 bits per heavy atom. The molecule has 19 heavy (non-hydrogen) atoms. The first-order valence-electron chi connectivity index (χ1n) is 5.00. The van der Waals surface area contributed by atoms with Crippen molar-refractivity contribution < 1.29 is 44.7 Å². The lowest BCUT2D eigenvalue weighted by atomic mass is 10.2. The molecule has 0 aromatic heterocycles. The number of amides is 1. The number of aliphatic hydroxyl groups is 2. The van der Waals surface area contributed by atoms with Crippen molar-refractivity contribution in [1.29, 1.82) is 0 Å². The van der Waals surface area contributed by atoms with E-state index in [1.54, 1.807) is 0 Å². The number of carbonyl (C=O) groups is 4. The summed E-state index contributed by atoms with van der Waals surface area (Å²) >= 11 is 0. The Balaban J connectivity index is 0.000000342. The van der Waals surface area contributed by atoms with E-state index in [-0.39, 0.29) is 5.91 Å². The fourth-order valence-corrected chi connectivity index (χ4v) is 1.07. The summed E-state index contributed by atoms with van der Waals surface area (Å²) in [4.78, 5) is 40.1. The van der Waals surface area contributed by atoms with Gasteiger partial charge in [-0.1, -0.05) is 0 Å². The first-order chi connectivity index (χ1) is 8.66. The molecule has 0 aliphatic carbocycles. The van der Waals surface area contributed by atoms with Crippen LogP contribution in [0.3, 0.4) is 0 Å². The largest absolute Gasteiger partial charge is 0.480 e. The van der Waals surface area contributed by atoms with Gasteiger partial charge < -0.3 is 30.8 Å². The van der Waals surface area contributed by atoms with E-state index in [1.165, 1.54) is 0 Å². The van der Waals surface area contributed by atoms with Gasteiger partial charge in [0.25, 0.3) is 0 Å². The molecule has 0 aromatic carbocycles. The molecule has 1 rings (SSSR count). The predicted octanol–water partition coefficient (Wildman–Crippen LogP) is -2.77. The Kier molecular flexibility index (Phi) is 6.44. The van der Waals surface area contributed by atoms with Gasteiger partial charge in [0, 0.05) is 6.42 Å². The molecule has 1 saturated heterocycles. The van der Waals surface area contributed by atoms with Gasteiger partial charge in [-0.2, -0.15) is 0 Å². The zero-order valence-electron chi connectivity index (χ0n) is 9.52. The summed E-state index contributed by atoms with van der Waals surface area (Å²) in [6.45, 7) is 0. The van der Waals surface area contributed by atoms with Gasteiger partial charge in [-0.05, 0) is 6.42 Å². The molecule has 0 unspecified atom stereocenters. The van der Waals surface area contributed by atoms with E-state index in [0.29, 0.717) is 12.8 Å². The van der Waals surface area contributed by atoms with Crippen molar-refractivity contribution in [1.82, 2.24) is 5.32 Å². The summed E-state index contributed by atoms with van der Waals surface area (Å²) in [5, 5.41) is 43.2. The minimum atomic E-state index is -2.27. The third-order valence-corrected chi connectivity index (χ3v) is 2.10. The summed E-state index contributed by atoms with van der Waals surface area (Å²) in [5.74, 6) is -4.65. The van der Waals surface area contributed by atoms with Gasteiger partial charge in [-0.25, -0.2) is 14.4 Å². The van der Waals surface area contributed by atoms with Gasteiger partial charge in [-0.3, -0.25) is 4.79 Å². The van der Waals surface area contributed by atoms with E-state index in [1.807, 2.05) is 0 Å². The lowest BCUT2D eigenvalue weighted by molar-refractivity contribution is -0.165. The van der Waals surface area contributed by atoms with E-state index >= 15 is 0 Å². The highest BCUT2D eigenvalue weighted by molar-refractivity contribution is 5.87. The molecule has 0 radical (unpaired) electrons. The van der Waals surface area contributed by atoms with Gasteiger partial charge in [0.1, 0.15) is 6.04 Å². The molecular weight excluding hydrogens is 266 g/mol. The van der Waals surface area contributed by atoms with Crippen molar-refractivity contribution in [2.24, 2.45) is 0 Å². The van der Waals surface area contributed by atoms with E-state index in [2.05, 4.69) is 5.32 Å². The van der Waals surface area contributed by atoms with Crippen molar-refractivity contribution in [3.05, 3.63) is 0 Å². The molecule has 6 N–H and O–H groups in total. The van der Waals surface area contributed by atoms with Crippen LogP contribution in [0, 0.1) is 0 Å². The van der Waals surface area contributed by atoms with Crippen molar-refractivity contribution in [2.75, 3.05) is 0 Å². The summed E-state index contributed by atoms with van der Waals surface area (Å²) < 4.78 is 0. The molecule has 3 atom stereocenters. The van der Waals surface area contributed by atoms with Crippen molar-refractivity contribution in [3.8, 4) is 0 Å². The Morgan fingerprint density at radius 2 is 1.47 bits per heavy atom. The van der Waals surface area contributed by atoms with Crippen LogP contribution in [0.4, 0.5) is 0 Å². The highest BCUT2D eigenvalue weighted by atomic mass is 16.4. The Bertz CT molecular complexity index is 362. The fraction of sp³-hybridized carbons (Fsp3) is 0.556.